The minimum Gasteiger partial charge on any atom is -0.493 e. The number of fused-ring (bicyclic) bond motifs is 1. The Hall–Kier alpha value is -4.11. The van der Waals surface area contributed by atoms with Crippen LogP contribution in [0.4, 0.5) is 19.1 Å². The van der Waals surface area contributed by atoms with Crippen LogP contribution < -0.4 is 10.5 Å². The third-order valence-electron chi connectivity index (χ3n) is 7.19. The largest absolute Gasteiger partial charge is 0.493 e. The fourth-order valence-corrected chi connectivity index (χ4v) is 5.11. The van der Waals surface area contributed by atoms with Gasteiger partial charge in [0, 0.05) is 11.6 Å². The van der Waals surface area contributed by atoms with E-state index in [1.165, 1.54) is 34.8 Å². The fraction of sp³-hybridized carbons (Fsp3) is 0.267. The van der Waals surface area contributed by atoms with Gasteiger partial charge in [0.25, 0.3) is 6.43 Å². The van der Waals surface area contributed by atoms with Crippen molar-refractivity contribution in [1.82, 2.24) is 14.6 Å². The zero-order chi connectivity index (χ0) is 28.4. The number of anilines is 1. The normalized spacial score (nSPS) is 15.0. The van der Waals surface area contributed by atoms with E-state index in [2.05, 4.69) is 16.7 Å². The van der Waals surface area contributed by atoms with Gasteiger partial charge in [0.1, 0.15) is 11.6 Å². The van der Waals surface area contributed by atoms with Crippen molar-refractivity contribution in [1.29, 1.82) is 0 Å². The second-order valence-electron chi connectivity index (χ2n) is 9.64. The number of aromatic nitrogens is 3. The topological polar surface area (TPSA) is 85.7 Å². The molecule has 2 atom stereocenters. The number of hydrogen-bond donors (Lipinski definition) is 2. The maximum Gasteiger partial charge on any atom is 0.268 e. The van der Waals surface area contributed by atoms with Gasteiger partial charge in [-0.2, -0.15) is 4.98 Å². The first-order valence-corrected chi connectivity index (χ1v) is 12.4. The van der Waals surface area contributed by atoms with E-state index < -0.39 is 23.3 Å². The van der Waals surface area contributed by atoms with Gasteiger partial charge in [0.05, 0.1) is 17.8 Å². The lowest BCUT2D eigenvalue weighted by atomic mass is 9.63. The zero-order valence-electron chi connectivity index (χ0n) is 22.0. The van der Waals surface area contributed by atoms with Crippen LogP contribution in [0, 0.1) is 11.2 Å². The molecule has 0 aliphatic rings. The van der Waals surface area contributed by atoms with Gasteiger partial charge in [0.15, 0.2) is 5.65 Å². The molecule has 2 aromatic heterocycles. The Balaban J connectivity index is 1.67. The second kappa shape index (κ2) is 10.9. The van der Waals surface area contributed by atoms with E-state index in [-0.39, 0.29) is 30.3 Å². The van der Waals surface area contributed by atoms with Gasteiger partial charge in [0.2, 0.25) is 5.95 Å². The molecule has 0 radical (unpaired) electrons. The van der Waals surface area contributed by atoms with Crippen molar-refractivity contribution in [3.63, 3.8) is 0 Å². The van der Waals surface area contributed by atoms with E-state index in [4.69, 9.17) is 10.5 Å². The Kier molecular flexibility index (Phi) is 7.83. The number of rotatable bonds is 10. The van der Waals surface area contributed by atoms with Crippen molar-refractivity contribution >= 4 is 11.6 Å². The van der Waals surface area contributed by atoms with Crippen LogP contribution in [-0.2, 0) is 5.60 Å². The van der Waals surface area contributed by atoms with Gasteiger partial charge < -0.3 is 15.6 Å². The van der Waals surface area contributed by atoms with E-state index in [0.717, 1.165) is 0 Å². The summed E-state index contributed by atoms with van der Waals surface area (Å²) in [6, 6.07) is 13.6. The van der Waals surface area contributed by atoms with Gasteiger partial charge in [-0.05, 0) is 74.2 Å². The number of aliphatic hydroxyl groups is 1. The molecule has 204 valence electrons. The van der Waals surface area contributed by atoms with Crippen LogP contribution in [-0.4, -0.2) is 26.3 Å². The smallest absolute Gasteiger partial charge is 0.268 e. The summed E-state index contributed by atoms with van der Waals surface area (Å²) in [5.41, 5.74) is 5.25. The number of nitrogen functional groups attached to an aromatic ring is 1. The fourth-order valence-electron chi connectivity index (χ4n) is 5.11. The number of halogens is 3. The number of benzene rings is 2. The van der Waals surface area contributed by atoms with E-state index in [0.29, 0.717) is 27.9 Å². The second-order valence-corrected chi connectivity index (χ2v) is 9.64. The van der Waals surface area contributed by atoms with Crippen LogP contribution in [0.2, 0.25) is 0 Å². The number of ether oxygens (including phenoxy) is 1. The standard InChI is InChI=1S/C30H31F3N4O2/c1-5-14-30(19(2)3,29(4,38)21-9-11-22(31)12-10-21)15-17-39-24-8-6-7-23(26(24)27(32)33)20-13-16-37-25(18-20)35-28(34)36-37/h5-14,16,18,27,38H,2,15,17H2,1,3-4H3,(H2,34,36)/b14-5+. The van der Waals surface area contributed by atoms with Gasteiger partial charge in [-0.3, -0.25) is 0 Å². The predicted molar refractivity (Wildman–Crippen MR) is 146 cm³/mol. The Labute approximate surface area is 225 Å². The SMILES string of the molecule is C=C(C)C(/C=C/C)(CCOc1cccc(-c2ccn3nc(N)nc3c2)c1C(F)F)C(C)(O)c1ccc(F)cc1. The first-order chi connectivity index (χ1) is 18.5. The first kappa shape index (κ1) is 27.9. The molecule has 0 amide bonds. The number of nitrogens with two attached hydrogens (primary N) is 1. The highest BCUT2D eigenvalue weighted by Crippen LogP contribution is 2.49. The summed E-state index contributed by atoms with van der Waals surface area (Å²) in [5, 5.41) is 15.8. The average Bonchev–Trinajstić information content (AvgIpc) is 3.27. The predicted octanol–water partition coefficient (Wildman–Crippen LogP) is 6.87. The lowest BCUT2D eigenvalue weighted by molar-refractivity contribution is -0.0396. The zero-order valence-corrected chi connectivity index (χ0v) is 22.0. The maximum absolute atomic E-state index is 14.4. The van der Waals surface area contributed by atoms with Crippen LogP contribution in [0.15, 0.2) is 85.1 Å². The third-order valence-corrected chi connectivity index (χ3v) is 7.19. The lowest BCUT2D eigenvalue weighted by Gasteiger charge is -2.45. The molecule has 0 aliphatic heterocycles. The molecule has 0 bridgehead atoms. The van der Waals surface area contributed by atoms with Crippen molar-refractivity contribution < 1.29 is 23.0 Å². The minimum atomic E-state index is -2.82. The van der Waals surface area contributed by atoms with Gasteiger partial charge in [-0.25, -0.2) is 17.7 Å². The molecule has 0 saturated carbocycles. The van der Waals surface area contributed by atoms with E-state index in [1.54, 1.807) is 50.4 Å². The summed E-state index contributed by atoms with van der Waals surface area (Å²) in [7, 11) is 0. The summed E-state index contributed by atoms with van der Waals surface area (Å²) < 4.78 is 49.9. The number of alkyl halides is 2. The molecule has 3 N–H and O–H groups in total. The van der Waals surface area contributed by atoms with Crippen molar-refractivity contribution in [3.05, 3.63) is 102 Å². The average molecular weight is 537 g/mol. The first-order valence-electron chi connectivity index (χ1n) is 12.4. The highest BCUT2D eigenvalue weighted by atomic mass is 19.3. The number of nitrogens with zero attached hydrogens (tertiary/aromatic N) is 3. The summed E-state index contributed by atoms with van der Waals surface area (Å²) in [5.74, 6) is -0.311. The molecule has 4 rings (SSSR count). The monoisotopic (exact) mass is 536 g/mol. The van der Waals surface area contributed by atoms with Crippen LogP contribution in [0.25, 0.3) is 16.8 Å². The molecule has 2 aromatic carbocycles. The third kappa shape index (κ3) is 5.27. The molecular formula is C30H31F3N4O2. The molecule has 0 fully saturated rings. The van der Waals surface area contributed by atoms with E-state index in [9.17, 15) is 18.3 Å². The number of allylic oxidation sites excluding steroid dienone is 1. The number of hydrogen-bond acceptors (Lipinski definition) is 5. The molecule has 6 nitrogen and oxygen atoms in total. The molecule has 2 unspecified atom stereocenters. The van der Waals surface area contributed by atoms with Crippen molar-refractivity contribution in [3.8, 4) is 16.9 Å². The molecule has 0 aliphatic carbocycles. The Bertz CT molecular complexity index is 1510. The Morgan fingerprint density at radius 2 is 1.92 bits per heavy atom. The van der Waals surface area contributed by atoms with E-state index in [1.807, 2.05) is 13.0 Å². The van der Waals surface area contributed by atoms with Gasteiger partial charge in [-0.15, -0.1) is 5.10 Å². The van der Waals surface area contributed by atoms with Crippen LogP contribution >= 0.6 is 0 Å². The molecule has 2 heterocycles. The van der Waals surface area contributed by atoms with Crippen LogP contribution in [0.3, 0.4) is 0 Å². The Morgan fingerprint density at radius 1 is 1.21 bits per heavy atom. The molecule has 0 spiro atoms. The summed E-state index contributed by atoms with van der Waals surface area (Å²) in [6.07, 6.45) is 2.62. The molecule has 4 aromatic rings. The molecule has 9 heteroatoms. The quantitative estimate of drug-likeness (QED) is 0.216. The van der Waals surface area contributed by atoms with Crippen molar-refractivity contribution in [2.45, 2.75) is 39.2 Å². The van der Waals surface area contributed by atoms with Crippen molar-refractivity contribution in [2.24, 2.45) is 5.41 Å². The highest BCUT2D eigenvalue weighted by Gasteiger charge is 2.47. The van der Waals surface area contributed by atoms with Crippen molar-refractivity contribution in [2.75, 3.05) is 12.3 Å². The van der Waals surface area contributed by atoms with E-state index >= 15 is 0 Å². The highest BCUT2D eigenvalue weighted by molar-refractivity contribution is 5.73. The lowest BCUT2D eigenvalue weighted by Crippen LogP contribution is -2.44. The summed E-state index contributed by atoms with van der Waals surface area (Å²) in [4.78, 5) is 4.11. The van der Waals surface area contributed by atoms with Crippen LogP contribution in [0.1, 0.15) is 44.7 Å². The molecule has 0 saturated heterocycles. The minimum absolute atomic E-state index is 0.00252. The molecular weight excluding hydrogens is 505 g/mol. The van der Waals surface area contributed by atoms with Gasteiger partial charge in [-0.1, -0.05) is 48.6 Å². The van der Waals surface area contributed by atoms with Gasteiger partial charge >= 0.3 is 0 Å². The summed E-state index contributed by atoms with van der Waals surface area (Å²) >= 11 is 0. The maximum atomic E-state index is 14.4. The van der Waals surface area contributed by atoms with Crippen LogP contribution in [0.5, 0.6) is 5.75 Å². The molecule has 39 heavy (non-hydrogen) atoms. The Morgan fingerprint density at radius 3 is 2.56 bits per heavy atom. The number of pyridine rings is 1. The summed E-state index contributed by atoms with van der Waals surface area (Å²) in [6.45, 7) is 9.36.